The van der Waals surface area contributed by atoms with Crippen molar-refractivity contribution in [2.45, 2.75) is 6.42 Å². The summed E-state index contributed by atoms with van der Waals surface area (Å²) < 4.78 is 0. The van der Waals surface area contributed by atoms with Crippen LogP contribution in [0.15, 0.2) is 24.5 Å². The van der Waals surface area contributed by atoms with Crippen molar-refractivity contribution in [1.82, 2.24) is 9.97 Å². The molecule has 5 nitrogen and oxygen atoms in total. The summed E-state index contributed by atoms with van der Waals surface area (Å²) in [5.41, 5.74) is 2.67. The van der Waals surface area contributed by atoms with Crippen LogP contribution in [0.4, 0.5) is 5.69 Å². The molecule has 0 spiro atoms. The lowest BCUT2D eigenvalue weighted by Crippen LogP contribution is -2.24. The molecule has 1 unspecified atom stereocenters. The van der Waals surface area contributed by atoms with E-state index >= 15 is 0 Å². The van der Waals surface area contributed by atoms with E-state index in [0.717, 1.165) is 16.7 Å². The van der Waals surface area contributed by atoms with Gasteiger partial charge in [0.05, 0.1) is 17.4 Å². The highest BCUT2D eigenvalue weighted by atomic mass is 16.3. The molecule has 1 aliphatic rings. The Hall–Kier alpha value is -1.88. The fraction of sp³-hybridized carbons (Fsp3) is 0.333. The van der Waals surface area contributed by atoms with Crippen LogP contribution in [-0.2, 0) is 4.79 Å². The minimum Gasteiger partial charge on any atom is -0.396 e. The molecule has 0 aliphatic carbocycles. The van der Waals surface area contributed by atoms with Gasteiger partial charge in [0.2, 0.25) is 5.91 Å². The molecule has 17 heavy (non-hydrogen) atoms. The summed E-state index contributed by atoms with van der Waals surface area (Å²) in [6.45, 7) is 0.656. The van der Waals surface area contributed by atoms with Gasteiger partial charge in [-0.3, -0.25) is 4.79 Å². The van der Waals surface area contributed by atoms with Gasteiger partial charge in [-0.25, -0.2) is 4.98 Å². The minimum absolute atomic E-state index is 0.0555. The number of anilines is 1. The average Bonchev–Trinajstić information content (AvgIpc) is 2.93. The normalized spacial score (nSPS) is 20.4. The number of aromatic amines is 1. The van der Waals surface area contributed by atoms with Crippen molar-refractivity contribution in [3.63, 3.8) is 0 Å². The topological polar surface area (TPSA) is 69.2 Å². The summed E-state index contributed by atoms with van der Waals surface area (Å²) in [4.78, 5) is 20.7. The first-order valence-electron chi connectivity index (χ1n) is 5.62. The highest BCUT2D eigenvalue weighted by Crippen LogP contribution is 2.26. The maximum atomic E-state index is 11.8. The molecule has 0 saturated carbocycles. The number of rotatable bonds is 2. The lowest BCUT2D eigenvalue weighted by atomic mass is 10.1. The number of aromatic nitrogens is 2. The van der Waals surface area contributed by atoms with Crippen LogP contribution in [0.3, 0.4) is 0 Å². The summed E-state index contributed by atoms with van der Waals surface area (Å²) in [5.74, 6) is 0.128. The minimum atomic E-state index is 0.0555. The second-order valence-electron chi connectivity index (χ2n) is 4.36. The average molecular weight is 231 g/mol. The molecule has 1 atom stereocenters. The number of hydrogen-bond donors (Lipinski definition) is 2. The number of amides is 1. The van der Waals surface area contributed by atoms with Crippen LogP contribution in [0.25, 0.3) is 11.0 Å². The van der Waals surface area contributed by atoms with E-state index < -0.39 is 0 Å². The third kappa shape index (κ3) is 1.68. The molecule has 5 heteroatoms. The smallest absolute Gasteiger partial charge is 0.227 e. The molecule has 0 bridgehead atoms. The first-order valence-corrected chi connectivity index (χ1v) is 5.62. The molecule has 1 saturated heterocycles. The molecular formula is C12H13N3O2. The maximum Gasteiger partial charge on any atom is 0.227 e. The van der Waals surface area contributed by atoms with Crippen molar-refractivity contribution in [2.24, 2.45) is 5.92 Å². The monoisotopic (exact) mass is 231 g/mol. The Bertz CT molecular complexity index is 564. The molecule has 1 amide bonds. The fourth-order valence-electron chi connectivity index (χ4n) is 2.24. The SMILES string of the molecule is O=C1CC(CO)CN1c1ccc2nc[nH]c2c1. The predicted molar refractivity (Wildman–Crippen MR) is 63.6 cm³/mol. The predicted octanol–water partition coefficient (Wildman–Crippen LogP) is 0.908. The molecule has 1 aromatic heterocycles. The first-order chi connectivity index (χ1) is 8.28. The number of nitrogens with one attached hydrogen (secondary N) is 1. The van der Waals surface area contributed by atoms with Gasteiger partial charge in [0, 0.05) is 31.2 Å². The molecule has 1 aromatic carbocycles. The van der Waals surface area contributed by atoms with Gasteiger partial charge in [-0.2, -0.15) is 0 Å². The van der Waals surface area contributed by atoms with Gasteiger partial charge in [0.15, 0.2) is 0 Å². The number of aliphatic hydroxyl groups is 1. The molecule has 2 aromatic rings. The van der Waals surface area contributed by atoms with E-state index in [2.05, 4.69) is 9.97 Å². The Morgan fingerprint density at radius 2 is 2.41 bits per heavy atom. The van der Waals surface area contributed by atoms with Gasteiger partial charge in [0.25, 0.3) is 0 Å². The zero-order valence-electron chi connectivity index (χ0n) is 9.26. The van der Waals surface area contributed by atoms with Gasteiger partial charge in [-0.15, -0.1) is 0 Å². The van der Waals surface area contributed by atoms with Gasteiger partial charge in [-0.05, 0) is 18.2 Å². The molecule has 2 N–H and O–H groups in total. The molecule has 0 radical (unpaired) electrons. The molecule has 2 heterocycles. The molecule has 88 valence electrons. The van der Waals surface area contributed by atoms with Crippen molar-refractivity contribution in [1.29, 1.82) is 0 Å². The van der Waals surface area contributed by atoms with Crippen LogP contribution in [0.1, 0.15) is 6.42 Å². The summed E-state index contributed by atoms with van der Waals surface area (Å²) in [5, 5.41) is 9.09. The highest BCUT2D eigenvalue weighted by molar-refractivity contribution is 5.97. The number of imidazole rings is 1. The van der Waals surface area contributed by atoms with Crippen LogP contribution in [0.5, 0.6) is 0 Å². The molecule has 1 aliphatic heterocycles. The number of aliphatic hydroxyl groups excluding tert-OH is 1. The number of nitrogens with zero attached hydrogens (tertiary/aromatic N) is 2. The largest absolute Gasteiger partial charge is 0.396 e. The lowest BCUT2D eigenvalue weighted by Gasteiger charge is -2.16. The zero-order valence-corrected chi connectivity index (χ0v) is 9.26. The summed E-state index contributed by atoms with van der Waals surface area (Å²) in [7, 11) is 0. The third-order valence-electron chi connectivity index (χ3n) is 3.18. The number of benzene rings is 1. The van der Waals surface area contributed by atoms with E-state index in [1.165, 1.54) is 0 Å². The second kappa shape index (κ2) is 3.85. The first kappa shape index (κ1) is 10.3. The lowest BCUT2D eigenvalue weighted by molar-refractivity contribution is -0.117. The van der Waals surface area contributed by atoms with E-state index in [9.17, 15) is 4.79 Å². The van der Waals surface area contributed by atoms with Gasteiger partial charge in [0.1, 0.15) is 0 Å². The van der Waals surface area contributed by atoms with Crippen molar-refractivity contribution >= 4 is 22.6 Å². The van der Waals surface area contributed by atoms with Crippen LogP contribution in [0, 0.1) is 5.92 Å². The summed E-state index contributed by atoms with van der Waals surface area (Å²) in [6, 6.07) is 5.70. The second-order valence-corrected chi connectivity index (χ2v) is 4.36. The molecule has 1 fully saturated rings. The van der Waals surface area contributed by atoms with Gasteiger partial charge >= 0.3 is 0 Å². The van der Waals surface area contributed by atoms with E-state index in [1.807, 2.05) is 18.2 Å². The van der Waals surface area contributed by atoms with E-state index in [-0.39, 0.29) is 18.4 Å². The Kier molecular flexibility index (Phi) is 2.33. The van der Waals surface area contributed by atoms with E-state index in [4.69, 9.17) is 5.11 Å². The Morgan fingerprint density at radius 1 is 1.53 bits per heavy atom. The Morgan fingerprint density at radius 3 is 3.18 bits per heavy atom. The summed E-state index contributed by atoms with van der Waals surface area (Å²) in [6.07, 6.45) is 2.06. The number of carbonyl (C=O) groups excluding carboxylic acids is 1. The van der Waals surface area contributed by atoms with Crippen LogP contribution in [-0.4, -0.2) is 34.1 Å². The van der Waals surface area contributed by atoms with Gasteiger partial charge in [-0.1, -0.05) is 0 Å². The summed E-state index contributed by atoms with van der Waals surface area (Å²) >= 11 is 0. The number of fused-ring (bicyclic) bond motifs is 1. The van der Waals surface area contributed by atoms with Crippen LogP contribution < -0.4 is 4.90 Å². The Balaban J connectivity index is 1.95. The fourth-order valence-corrected chi connectivity index (χ4v) is 2.24. The molecule has 3 rings (SSSR count). The van der Waals surface area contributed by atoms with Crippen molar-refractivity contribution in [3.8, 4) is 0 Å². The standard InChI is InChI=1S/C12H13N3O2/c16-6-8-3-12(17)15(5-8)9-1-2-10-11(4-9)14-7-13-10/h1-2,4,7-8,16H,3,5-6H2,(H,13,14). The van der Waals surface area contributed by atoms with Crippen molar-refractivity contribution in [2.75, 3.05) is 18.1 Å². The maximum absolute atomic E-state index is 11.8. The number of hydrogen-bond acceptors (Lipinski definition) is 3. The number of H-pyrrole nitrogens is 1. The van der Waals surface area contributed by atoms with Crippen LogP contribution in [0.2, 0.25) is 0 Å². The number of carbonyl (C=O) groups is 1. The molecular weight excluding hydrogens is 218 g/mol. The van der Waals surface area contributed by atoms with E-state index in [0.29, 0.717) is 13.0 Å². The van der Waals surface area contributed by atoms with Gasteiger partial charge < -0.3 is 15.0 Å². The van der Waals surface area contributed by atoms with E-state index in [1.54, 1.807) is 11.2 Å². The van der Waals surface area contributed by atoms with Crippen LogP contribution >= 0.6 is 0 Å². The van der Waals surface area contributed by atoms with Crippen molar-refractivity contribution in [3.05, 3.63) is 24.5 Å². The Labute approximate surface area is 98.1 Å². The quantitative estimate of drug-likeness (QED) is 0.807. The van der Waals surface area contributed by atoms with Crippen molar-refractivity contribution < 1.29 is 9.90 Å². The zero-order chi connectivity index (χ0) is 11.8. The third-order valence-corrected chi connectivity index (χ3v) is 3.18. The highest BCUT2D eigenvalue weighted by Gasteiger charge is 2.30.